The summed E-state index contributed by atoms with van der Waals surface area (Å²) in [5.41, 5.74) is 1.94. The molecular formula is C27H24ClF3N8O4S3. The van der Waals surface area contributed by atoms with Crippen LogP contribution in [0.2, 0.25) is 5.02 Å². The number of amidine groups is 1. The molecule has 3 N–H and O–H groups in total. The quantitative estimate of drug-likeness (QED) is 0.213. The number of nitrogens with one attached hydrogen (secondary N) is 3. The van der Waals surface area contributed by atoms with Crippen molar-refractivity contribution in [1.29, 1.82) is 0 Å². The van der Waals surface area contributed by atoms with Crippen molar-refractivity contribution < 1.29 is 30.0 Å². The third-order valence-corrected chi connectivity index (χ3v) is 9.84. The molecule has 0 spiro atoms. The maximum atomic E-state index is 14.0. The van der Waals surface area contributed by atoms with E-state index in [1.807, 2.05) is 0 Å². The number of sulfonamides is 1. The SMILES string of the molecule is CS(=O)(=O)Nc1ccc(NS(=O)(=O)N[C@H]2CC3=C(c4ccn(C(F)F)n4)[C@H](c4ccc(F)cc4Cl)N=C(c4nccs4)N3C2)cc1. The van der Waals surface area contributed by atoms with Crippen LogP contribution in [0.4, 0.5) is 24.5 Å². The van der Waals surface area contributed by atoms with Gasteiger partial charge in [-0.3, -0.25) is 14.4 Å². The lowest BCUT2D eigenvalue weighted by Gasteiger charge is -2.32. The fourth-order valence-corrected chi connectivity index (χ4v) is 7.83. The van der Waals surface area contributed by atoms with Crippen LogP contribution < -0.4 is 14.2 Å². The third-order valence-electron chi connectivity index (χ3n) is 6.99. The van der Waals surface area contributed by atoms with Crippen LogP contribution in [0.25, 0.3) is 5.57 Å². The number of aromatic nitrogens is 3. The van der Waals surface area contributed by atoms with Gasteiger partial charge in [-0.1, -0.05) is 17.7 Å². The monoisotopic (exact) mass is 712 g/mol. The highest BCUT2D eigenvalue weighted by Gasteiger charge is 2.42. The van der Waals surface area contributed by atoms with Crippen molar-refractivity contribution in [2.24, 2.45) is 4.99 Å². The fourth-order valence-electron chi connectivity index (χ4n) is 5.26. The van der Waals surface area contributed by atoms with E-state index >= 15 is 0 Å². The van der Waals surface area contributed by atoms with Crippen molar-refractivity contribution in [3.05, 3.63) is 99.1 Å². The predicted octanol–water partition coefficient (Wildman–Crippen LogP) is 4.83. The van der Waals surface area contributed by atoms with Crippen LogP contribution in [0.3, 0.4) is 0 Å². The Hall–Kier alpha value is -3.97. The zero-order valence-electron chi connectivity index (χ0n) is 23.6. The molecular weight excluding hydrogens is 689 g/mol. The van der Waals surface area contributed by atoms with Gasteiger partial charge in [0.25, 0.3) is 10.2 Å². The molecule has 6 rings (SSSR count). The van der Waals surface area contributed by atoms with Gasteiger partial charge in [-0.05, 0) is 42.5 Å². The van der Waals surface area contributed by atoms with Gasteiger partial charge < -0.3 is 4.90 Å². The summed E-state index contributed by atoms with van der Waals surface area (Å²) < 4.78 is 98.4. The van der Waals surface area contributed by atoms with E-state index in [4.69, 9.17) is 16.6 Å². The first-order valence-electron chi connectivity index (χ1n) is 13.4. The minimum Gasteiger partial charge on any atom is -0.326 e. The molecule has 4 heterocycles. The number of thiazole rings is 1. The minimum absolute atomic E-state index is 0.0595. The zero-order valence-corrected chi connectivity index (χ0v) is 26.8. The smallest absolute Gasteiger partial charge is 0.326 e. The van der Waals surface area contributed by atoms with Crippen LogP contribution in [0.15, 0.2) is 77.0 Å². The van der Waals surface area contributed by atoms with Crippen molar-refractivity contribution in [2.45, 2.75) is 25.1 Å². The molecule has 2 aromatic heterocycles. The van der Waals surface area contributed by atoms with Gasteiger partial charge in [0.1, 0.15) is 11.9 Å². The second kappa shape index (κ2) is 12.3. The lowest BCUT2D eigenvalue weighted by molar-refractivity contribution is 0.0564. The Morgan fingerprint density at radius 2 is 1.76 bits per heavy atom. The number of benzene rings is 2. The Bertz CT molecular complexity index is 2050. The molecule has 12 nitrogen and oxygen atoms in total. The maximum absolute atomic E-state index is 14.0. The van der Waals surface area contributed by atoms with E-state index in [0.717, 1.165) is 18.5 Å². The molecule has 0 unspecified atom stereocenters. The molecule has 4 aromatic rings. The first kappa shape index (κ1) is 32.0. The van der Waals surface area contributed by atoms with E-state index in [0.29, 0.717) is 32.4 Å². The van der Waals surface area contributed by atoms with E-state index < -0.39 is 44.7 Å². The number of aliphatic imine (C=N–C) groups is 1. The summed E-state index contributed by atoms with van der Waals surface area (Å²) >= 11 is 7.78. The molecule has 1 fully saturated rings. The molecule has 0 amide bonds. The molecule has 2 atom stereocenters. The lowest BCUT2D eigenvalue weighted by atomic mass is 9.92. The minimum atomic E-state index is -4.17. The number of rotatable bonds is 10. The van der Waals surface area contributed by atoms with Gasteiger partial charge in [0.2, 0.25) is 10.0 Å². The molecule has 46 heavy (non-hydrogen) atoms. The van der Waals surface area contributed by atoms with Gasteiger partial charge in [0.15, 0.2) is 10.8 Å². The fraction of sp³-hybridized carbons (Fsp3) is 0.222. The Morgan fingerprint density at radius 3 is 2.37 bits per heavy atom. The van der Waals surface area contributed by atoms with Crippen LogP contribution in [-0.2, 0) is 20.2 Å². The van der Waals surface area contributed by atoms with E-state index in [9.17, 15) is 30.0 Å². The number of halogens is 4. The van der Waals surface area contributed by atoms with Gasteiger partial charge in [0.05, 0.1) is 11.9 Å². The number of anilines is 2. The molecule has 2 aliphatic heterocycles. The second-order valence-electron chi connectivity index (χ2n) is 10.4. The van der Waals surface area contributed by atoms with Crippen molar-refractivity contribution in [3.63, 3.8) is 0 Å². The molecule has 2 aliphatic rings. The third kappa shape index (κ3) is 6.90. The highest BCUT2D eigenvalue weighted by atomic mass is 35.5. The standard InChI is InChI=1S/C27H24ClF3N8O4S3/c1-45(40,41)35-16-3-5-17(6-4-16)36-46(42,43)37-18-13-22-23(21-8-10-39(34-21)27(30)31)24(19-7-2-15(29)12-20(19)28)33-25(38(22)14-18)26-32-9-11-44-26/h2-12,18,24,27,35-37H,13-14H2,1H3/t18-,24-/m0/s1. The average Bonchev–Trinajstić information content (AvgIpc) is 3.74. The van der Waals surface area contributed by atoms with E-state index in [-0.39, 0.29) is 35.1 Å². The zero-order chi connectivity index (χ0) is 32.8. The summed E-state index contributed by atoms with van der Waals surface area (Å²) in [5.74, 6) is -0.174. The molecule has 1 saturated heterocycles. The van der Waals surface area contributed by atoms with Crippen LogP contribution in [0.1, 0.15) is 35.3 Å². The molecule has 19 heteroatoms. The summed E-state index contributed by atoms with van der Waals surface area (Å²) in [6.07, 6.45) is 3.81. The number of fused-ring (bicyclic) bond motifs is 1. The van der Waals surface area contributed by atoms with Crippen molar-refractivity contribution in [1.82, 2.24) is 24.4 Å². The number of alkyl halides is 2. The molecule has 242 valence electrons. The van der Waals surface area contributed by atoms with E-state index in [1.165, 1.54) is 53.8 Å². The molecule has 0 saturated carbocycles. The summed E-state index contributed by atoms with van der Waals surface area (Å²) in [6.45, 7) is -2.80. The van der Waals surface area contributed by atoms with Crippen LogP contribution in [0.5, 0.6) is 0 Å². The first-order chi connectivity index (χ1) is 21.8. The Kier molecular flexibility index (Phi) is 8.57. The molecule has 0 radical (unpaired) electrons. The Balaban J connectivity index is 1.37. The summed E-state index contributed by atoms with van der Waals surface area (Å²) in [5, 5.41) is 6.40. The van der Waals surface area contributed by atoms with Gasteiger partial charge in [0, 0.05) is 70.0 Å². The van der Waals surface area contributed by atoms with E-state index in [2.05, 4.69) is 24.2 Å². The Labute approximate surface area is 270 Å². The second-order valence-corrected chi connectivity index (χ2v) is 14.9. The van der Waals surface area contributed by atoms with Gasteiger partial charge in [-0.25, -0.2) is 22.5 Å². The largest absolute Gasteiger partial charge is 0.333 e. The Morgan fingerprint density at radius 1 is 1.04 bits per heavy atom. The topological polar surface area (TPSA) is 151 Å². The predicted molar refractivity (Wildman–Crippen MR) is 169 cm³/mol. The van der Waals surface area contributed by atoms with E-state index in [1.54, 1.807) is 16.5 Å². The van der Waals surface area contributed by atoms with Crippen molar-refractivity contribution in [2.75, 3.05) is 22.2 Å². The van der Waals surface area contributed by atoms with Gasteiger partial charge in [-0.15, -0.1) is 11.3 Å². The maximum Gasteiger partial charge on any atom is 0.333 e. The highest BCUT2D eigenvalue weighted by Crippen LogP contribution is 2.46. The average molecular weight is 713 g/mol. The van der Waals surface area contributed by atoms with Gasteiger partial charge in [-0.2, -0.15) is 27.0 Å². The van der Waals surface area contributed by atoms with Crippen molar-refractivity contribution in [3.8, 4) is 0 Å². The van der Waals surface area contributed by atoms with Crippen LogP contribution >= 0.6 is 22.9 Å². The molecule has 2 aromatic carbocycles. The summed E-state index contributed by atoms with van der Waals surface area (Å²) in [6, 6.07) is 9.18. The first-order valence-corrected chi connectivity index (χ1v) is 18.0. The van der Waals surface area contributed by atoms with Crippen molar-refractivity contribution >= 4 is 66.0 Å². The van der Waals surface area contributed by atoms with Gasteiger partial charge >= 0.3 is 6.55 Å². The number of hydrogen-bond acceptors (Lipinski definition) is 9. The molecule has 0 aliphatic carbocycles. The number of hydrogen-bond donors (Lipinski definition) is 3. The number of nitrogens with zero attached hydrogens (tertiary/aromatic N) is 5. The van der Waals surface area contributed by atoms with Crippen LogP contribution in [-0.4, -0.2) is 61.2 Å². The summed E-state index contributed by atoms with van der Waals surface area (Å²) in [4.78, 5) is 11.1. The normalized spacial score (nSPS) is 18.6. The lowest BCUT2D eigenvalue weighted by Crippen LogP contribution is -2.41. The highest BCUT2D eigenvalue weighted by molar-refractivity contribution is 7.92. The molecule has 0 bridgehead atoms. The summed E-state index contributed by atoms with van der Waals surface area (Å²) in [7, 11) is -7.69. The van der Waals surface area contributed by atoms with Crippen LogP contribution in [0, 0.1) is 5.82 Å².